The molecule has 0 radical (unpaired) electrons. The summed E-state index contributed by atoms with van der Waals surface area (Å²) in [6.45, 7) is 0. The SMILES string of the molecule is COc1ccccc1NC(=O)C(Cl)CCl. The lowest BCUT2D eigenvalue weighted by atomic mass is 10.3. The lowest BCUT2D eigenvalue weighted by Gasteiger charge is -2.11. The highest BCUT2D eigenvalue weighted by molar-refractivity contribution is 6.37. The highest BCUT2D eigenvalue weighted by Gasteiger charge is 2.15. The van der Waals surface area contributed by atoms with Crippen molar-refractivity contribution in [3.8, 4) is 5.75 Å². The van der Waals surface area contributed by atoms with Crippen molar-refractivity contribution in [3.63, 3.8) is 0 Å². The van der Waals surface area contributed by atoms with Gasteiger partial charge in [0, 0.05) is 5.88 Å². The minimum Gasteiger partial charge on any atom is -0.495 e. The minimum atomic E-state index is -0.739. The molecule has 0 spiro atoms. The molecule has 0 aliphatic heterocycles. The fraction of sp³-hybridized carbons (Fsp3) is 0.300. The third-order valence-electron chi connectivity index (χ3n) is 1.78. The number of halogens is 2. The lowest BCUT2D eigenvalue weighted by Crippen LogP contribution is -2.24. The summed E-state index contributed by atoms with van der Waals surface area (Å²) in [6, 6.07) is 7.09. The molecule has 1 amide bonds. The number of hydrogen-bond acceptors (Lipinski definition) is 2. The molecule has 1 rings (SSSR count). The summed E-state index contributed by atoms with van der Waals surface area (Å²) in [5.41, 5.74) is 0.584. The van der Waals surface area contributed by atoms with Crippen LogP contribution in [0.25, 0.3) is 0 Å². The molecule has 0 saturated carbocycles. The number of para-hydroxylation sites is 2. The number of nitrogens with one attached hydrogen (secondary N) is 1. The normalized spacial score (nSPS) is 11.9. The molecule has 1 aromatic carbocycles. The van der Waals surface area contributed by atoms with Crippen molar-refractivity contribution < 1.29 is 9.53 Å². The Hall–Kier alpha value is -0.930. The van der Waals surface area contributed by atoms with Gasteiger partial charge in [0.15, 0.2) is 0 Å². The average molecular weight is 248 g/mol. The van der Waals surface area contributed by atoms with E-state index in [9.17, 15) is 4.79 Å². The zero-order chi connectivity index (χ0) is 11.3. The van der Waals surface area contributed by atoms with E-state index in [0.29, 0.717) is 11.4 Å². The number of alkyl halides is 2. The van der Waals surface area contributed by atoms with Gasteiger partial charge >= 0.3 is 0 Å². The first kappa shape index (κ1) is 12.1. The molecule has 5 heteroatoms. The van der Waals surface area contributed by atoms with Crippen LogP contribution in [0.2, 0.25) is 0 Å². The number of methoxy groups -OCH3 is 1. The quantitative estimate of drug-likeness (QED) is 0.831. The van der Waals surface area contributed by atoms with E-state index in [1.807, 2.05) is 6.07 Å². The predicted molar refractivity (Wildman–Crippen MR) is 62.0 cm³/mol. The van der Waals surface area contributed by atoms with E-state index in [0.717, 1.165) is 0 Å². The van der Waals surface area contributed by atoms with Gasteiger partial charge in [-0.3, -0.25) is 4.79 Å². The largest absolute Gasteiger partial charge is 0.495 e. The van der Waals surface area contributed by atoms with Gasteiger partial charge < -0.3 is 10.1 Å². The van der Waals surface area contributed by atoms with E-state index in [2.05, 4.69) is 5.32 Å². The molecule has 1 unspecified atom stereocenters. The van der Waals surface area contributed by atoms with Gasteiger partial charge in [0.25, 0.3) is 0 Å². The molecule has 3 nitrogen and oxygen atoms in total. The van der Waals surface area contributed by atoms with Crippen molar-refractivity contribution >= 4 is 34.8 Å². The van der Waals surface area contributed by atoms with Crippen molar-refractivity contribution in [1.82, 2.24) is 0 Å². The van der Waals surface area contributed by atoms with Crippen molar-refractivity contribution in [2.45, 2.75) is 5.38 Å². The number of carbonyl (C=O) groups is 1. The van der Waals surface area contributed by atoms with Crippen LogP contribution in [0.4, 0.5) is 5.69 Å². The fourth-order valence-electron chi connectivity index (χ4n) is 1.03. The van der Waals surface area contributed by atoms with Gasteiger partial charge in [-0.05, 0) is 12.1 Å². The summed E-state index contributed by atoms with van der Waals surface area (Å²) < 4.78 is 5.07. The predicted octanol–water partition coefficient (Wildman–Crippen LogP) is 2.48. The maximum Gasteiger partial charge on any atom is 0.243 e. The summed E-state index contributed by atoms with van der Waals surface area (Å²) in [5.74, 6) is 0.322. The first-order valence-electron chi connectivity index (χ1n) is 4.33. The van der Waals surface area contributed by atoms with E-state index in [-0.39, 0.29) is 11.8 Å². The molecule has 0 aliphatic rings. The maximum absolute atomic E-state index is 11.4. The Morgan fingerprint density at radius 3 is 2.80 bits per heavy atom. The molecule has 1 atom stereocenters. The zero-order valence-electron chi connectivity index (χ0n) is 8.17. The van der Waals surface area contributed by atoms with Crippen molar-refractivity contribution in [1.29, 1.82) is 0 Å². The number of anilines is 1. The van der Waals surface area contributed by atoms with Gasteiger partial charge in [0.1, 0.15) is 11.1 Å². The molecule has 0 saturated heterocycles. The third kappa shape index (κ3) is 3.29. The molecule has 0 bridgehead atoms. The summed E-state index contributed by atoms with van der Waals surface area (Å²) in [4.78, 5) is 11.4. The van der Waals surface area contributed by atoms with Crippen LogP contribution in [0, 0.1) is 0 Å². The highest BCUT2D eigenvalue weighted by Crippen LogP contribution is 2.23. The topological polar surface area (TPSA) is 38.3 Å². The summed E-state index contributed by atoms with van der Waals surface area (Å²) in [5, 5.41) is 1.89. The zero-order valence-corrected chi connectivity index (χ0v) is 9.68. The standard InChI is InChI=1S/C10H11Cl2NO2/c1-15-9-5-3-2-4-8(9)13-10(14)7(12)6-11/h2-5,7H,6H2,1H3,(H,13,14). The second-order valence-corrected chi connectivity index (χ2v) is 3.65. The Morgan fingerprint density at radius 2 is 2.20 bits per heavy atom. The number of rotatable bonds is 4. The molecule has 82 valence electrons. The van der Waals surface area contributed by atoms with Gasteiger partial charge in [-0.1, -0.05) is 12.1 Å². The van der Waals surface area contributed by atoms with Crippen LogP contribution in [0.1, 0.15) is 0 Å². The molecule has 1 N–H and O–H groups in total. The molecule has 15 heavy (non-hydrogen) atoms. The number of benzene rings is 1. The lowest BCUT2D eigenvalue weighted by molar-refractivity contribution is -0.115. The smallest absolute Gasteiger partial charge is 0.243 e. The van der Waals surface area contributed by atoms with Crippen molar-refractivity contribution in [2.75, 3.05) is 18.3 Å². The van der Waals surface area contributed by atoms with Crippen LogP contribution >= 0.6 is 23.2 Å². The second kappa shape index (κ2) is 5.83. The molecular formula is C10H11Cl2NO2. The van der Waals surface area contributed by atoms with Crippen LogP contribution in [0.5, 0.6) is 5.75 Å². The van der Waals surface area contributed by atoms with Crippen molar-refractivity contribution in [2.24, 2.45) is 0 Å². The van der Waals surface area contributed by atoms with Gasteiger partial charge in [0.05, 0.1) is 12.8 Å². The molecule has 0 aliphatic carbocycles. The molecule has 0 fully saturated rings. The first-order chi connectivity index (χ1) is 7.19. The average Bonchev–Trinajstić information content (AvgIpc) is 2.28. The Morgan fingerprint density at radius 1 is 1.53 bits per heavy atom. The Bertz CT molecular complexity index is 344. The highest BCUT2D eigenvalue weighted by atomic mass is 35.5. The third-order valence-corrected chi connectivity index (χ3v) is 2.60. The maximum atomic E-state index is 11.4. The molecular weight excluding hydrogens is 237 g/mol. The monoisotopic (exact) mass is 247 g/mol. The number of amides is 1. The number of hydrogen-bond donors (Lipinski definition) is 1. The first-order valence-corrected chi connectivity index (χ1v) is 5.30. The Labute approximate surface area is 98.3 Å². The number of carbonyl (C=O) groups excluding carboxylic acids is 1. The minimum absolute atomic E-state index is 0.0720. The fourth-order valence-corrected chi connectivity index (χ4v) is 1.22. The van der Waals surface area contributed by atoms with E-state index < -0.39 is 5.38 Å². The van der Waals surface area contributed by atoms with Crippen LogP contribution < -0.4 is 10.1 Å². The Balaban J connectivity index is 2.76. The second-order valence-electron chi connectivity index (χ2n) is 2.81. The van der Waals surface area contributed by atoms with Crippen LogP contribution in [0.15, 0.2) is 24.3 Å². The van der Waals surface area contributed by atoms with E-state index >= 15 is 0 Å². The van der Waals surface area contributed by atoms with Gasteiger partial charge in [-0.25, -0.2) is 0 Å². The summed E-state index contributed by atoms with van der Waals surface area (Å²) in [6.07, 6.45) is 0. The van der Waals surface area contributed by atoms with E-state index in [4.69, 9.17) is 27.9 Å². The van der Waals surface area contributed by atoms with Gasteiger partial charge in [-0.2, -0.15) is 0 Å². The molecule has 1 aromatic rings. The summed E-state index contributed by atoms with van der Waals surface area (Å²) in [7, 11) is 1.53. The van der Waals surface area contributed by atoms with Gasteiger partial charge in [0.2, 0.25) is 5.91 Å². The van der Waals surface area contributed by atoms with Crippen LogP contribution in [0.3, 0.4) is 0 Å². The number of ether oxygens (including phenoxy) is 1. The summed E-state index contributed by atoms with van der Waals surface area (Å²) >= 11 is 11.1. The van der Waals surface area contributed by atoms with Crippen molar-refractivity contribution in [3.05, 3.63) is 24.3 Å². The Kier molecular flexibility index (Phi) is 4.72. The van der Waals surface area contributed by atoms with E-state index in [1.165, 1.54) is 7.11 Å². The van der Waals surface area contributed by atoms with E-state index in [1.54, 1.807) is 18.2 Å². The molecule has 0 aromatic heterocycles. The van der Waals surface area contributed by atoms with Gasteiger partial charge in [-0.15, -0.1) is 23.2 Å². The molecule has 0 heterocycles. The van der Waals surface area contributed by atoms with Crippen LogP contribution in [-0.2, 0) is 4.79 Å². The van der Waals surface area contributed by atoms with Crippen LogP contribution in [-0.4, -0.2) is 24.3 Å².